The Morgan fingerprint density at radius 1 is 0.950 bits per heavy atom. The molecule has 0 amide bonds. The Bertz CT molecular complexity index is 1460. The number of piperazine rings is 1. The third-order valence-corrected chi connectivity index (χ3v) is 9.22. The topological polar surface area (TPSA) is 131 Å². The predicted molar refractivity (Wildman–Crippen MR) is 156 cm³/mol. The number of hydrogen-bond acceptors (Lipinski definition) is 13. The van der Waals surface area contributed by atoms with Crippen LogP contribution in [-0.4, -0.2) is 109 Å². The Labute approximate surface area is 237 Å². The summed E-state index contributed by atoms with van der Waals surface area (Å²) in [6.07, 6.45) is 2.89. The molecule has 2 fully saturated rings. The molecule has 4 heterocycles. The van der Waals surface area contributed by atoms with Gasteiger partial charge in [0.15, 0.2) is 17.3 Å². The van der Waals surface area contributed by atoms with Crippen molar-refractivity contribution >= 4 is 54.6 Å². The number of thiophene rings is 1. The number of benzene rings is 1. The molecule has 0 aliphatic carbocycles. The molecule has 2 saturated heterocycles. The van der Waals surface area contributed by atoms with Gasteiger partial charge in [0.1, 0.15) is 0 Å². The number of nitrogens with zero attached hydrogens (tertiary/aromatic N) is 6. The first kappa shape index (κ1) is 28.1. The summed E-state index contributed by atoms with van der Waals surface area (Å²) in [7, 11) is 1.49. The molecule has 3 aromatic rings. The van der Waals surface area contributed by atoms with E-state index in [4.69, 9.17) is 28.9 Å². The summed E-state index contributed by atoms with van der Waals surface area (Å²) in [5.41, 5.74) is 4.51. The van der Waals surface area contributed by atoms with Crippen LogP contribution in [0.15, 0.2) is 23.3 Å². The van der Waals surface area contributed by atoms with E-state index < -0.39 is 10.0 Å². The molecular formula is C25H33N7O6S2. The largest absolute Gasteiger partial charge is 0.493 e. The molecule has 5 rings (SSSR count). The van der Waals surface area contributed by atoms with Crippen molar-refractivity contribution in [3.05, 3.63) is 23.8 Å². The molecule has 2 aliphatic heterocycles. The normalized spacial score (nSPS) is 17.0. The van der Waals surface area contributed by atoms with Gasteiger partial charge in [-0.1, -0.05) is 0 Å². The van der Waals surface area contributed by atoms with Crippen molar-refractivity contribution in [1.82, 2.24) is 14.3 Å². The van der Waals surface area contributed by atoms with Gasteiger partial charge in [0.05, 0.1) is 62.2 Å². The summed E-state index contributed by atoms with van der Waals surface area (Å²) in [6, 6.07) is 5.63. The van der Waals surface area contributed by atoms with Crippen LogP contribution in [0.4, 0.5) is 16.8 Å². The number of nitrogens with one attached hydrogen (secondary N) is 1. The Morgan fingerprint density at radius 2 is 1.62 bits per heavy atom. The van der Waals surface area contributed by atoms with Crippen LogP contribution < -0.4 is 29.4 Å². The lowest BCUT2D eigenvalue weighted by Gasteiger charge is -2.33. The monoisotopic (exact) mass is 591 g/mol. The molecule has 0 atom stereocenters. The van der Waals surface area contributed by atoms with E-state index in [0.29, 0.717) is 62.6 Å². The van der Waals surface area contributed by atoms with E-state index in [9.17, 15) is 8.42 Å². The lowest BCUT2D eigenvalue weighted by molar-refractivity contribution is 0.122. The highest BCUT2D eigenvalue weighted by Gasteiger charge is 2.26. The quantitative estimate of drug-likeness (QED) is 0.290. The Balaban J connectivity index is 1.42. The number of ether oxygens (including phenoxy) is 4. The molecule has 1 N–H and O–H groups in total. The summed E-state index contributed by atoms with van der Waals surface area (Å²) in [6.45, 7) is 4.84. The number of fused-ring (bicyclic) bond motifs is 1. The maximum atomic E-state index is 11.9. The Kier molecular flexibility index (Phi) is 8.44. The number of rotatable bonds is 9. The maximum Gasteiger partial charge on any atom is 0.246 e. The molecular weight excluding hydrogens is 558 g/mol. The second kappa shape index (κ2) is 12.0. The van der Waals surface area contributed by atoms with Gasteiger partial charge in [-0.05, 0) is 18.2 Å². The van der Waals surface area contributed by atoms with E-state index in [2.05, 4.69) is 20.3 Å². The second-order valence-electron chi connectivity index (χ2n) is 9.25. The fourth-order valence-corrected chi connectivity index (χ4v) is 6.67. The minimum atomic E-state index is -3.20. The number of aromatic nitrogens is 2. The molecule has 1 aromatic carbocycles. The first-order valence-corrected chi connectivity index (χ1v) is 15.4. The highest BCUT2D eigenvalue weighted by atomic mass is 32.2. The number of anilines is 3. The van der Waals surface area contributed by atoms with E-state index in [1.165, 1.54) is 10.6 Å². The van der Waals surface area contributed by atoms with Crippen LogP contribution in [0.2, 0.25) is 0 Å². The molecule has 13 nitrogen and oxygen atoms in total. The average Bonchev–Trinajstić information content (AvgIpc) is 3.40. The van der Waals surface area contributed by atoms with Crippen LogP contribution in [0.5, 0.6) is 17.2 Å². The van der Waals surface area contributed by atoms with Crippen LogP contribution in [-0.2, 0) is 14.8 Å². The van der Waals surface area contributed by atoms with Crippen molar-refractivity contribution in [2.45, 2.75) is 0 Å². The number of hydrazone groups is 1. The highest BCUT2D eigenvalue weighted by Crippen LogP contribution is 2.39. The van der Waals surface area contributed by atoms with Crippen molar-refractivity contribution in [3.8, 4) is 17.2 Å². The third-order valence-electron chi connectivity index (χ3n) is 6.74. The van der Waals surface area contributed by atoms with Crippen LogP contribution >= 0.6 is 11.3 Å². The minimum Gasteiger partial charge on any atom is -0.493 e. The molecule has 15 heteroatoms. The zero-order valence-electron chi connectivity index (χ0n) is 22.9. The van der Waals surface area contributed by atoms with Crippen molar-refractivity contribution in [2.75, 3.05) is 95.3 Å². The van der Waals surface area contributed by atoms with Gasteiger partial charge in [-0.15, -0.1) is 11.3 Å². The van der Waals surface area contributed by atoms with Gasteiger partial charge < -0.3 is 28.7 Å². The van der Waals surface area contributed by atoms with Gasteiger partial charge in [-0.2, -0.15) is 14.4 Å². The minimum absolute atomic E-state index is 0.365. The summed E-state index contributed by atoms with van der Waals surface area (Å²) in [4.78, 5) is 14.0. The third kappa shape index (κ3) is 6.01. The fraction of sp³-hybridized carbons (Fsp3) is 0.480. The number of methoxy groups -OCH3 is 3. The zero-order valence-corrected chi connectivity index (χ0v) is 24.5. The van der Waals surface area contributed by atoms with Crippen molar-refractivity contribution in [1.29, 1.82) is 0 Å². The summed E-state index contributed by atoms with van der Waals surface area (Å²) < 4.78 is 48.2. The summed E-state index contributed by atoms with van der Waals surface area (Å²) in [5.74, 6) is 2.75. The lowest BCUT2D eigenvalue weighted by Crippen LogP contribution is -2.48. The maximum absolute atomic E-state index is 11.9. The smallest absolute Gasteiger partial charge is 0.246 e. The van der Waals surface area contributed by atoms with Gasteiger partial charge in [0.2, 0.25) is 21.7 Å². The fourth-order valence-electron chi connectivity index (χ4n) is 4.68. The van der Waals surface area contributed by atoms with E-state index in [-0.39, 0.29) is 0 Å². The SMILES string of the molecule is COc1cc(/C=N/Nc2nc(N3CCOCC3)c3sc(N4CCN(S(C)(=O)=O)CC4)cc3n2)cc(OC)c1OC. The first-order chi connectivity index (χ1) is 19.3. The lowest BCUT2D eigenvalue weighted by atomic mass is 10.2. The van der Waals surface area contributed by atoms with E-state index in [1.54, 1.807) is 51.0 Å². The van der Waals surface area contributed by atoms with Gasteiger partial charge in [-0.25, -0.2) is 18.8 Å². The van der Waals surface area contributed by atoms with Gasteiger partial charge in [-0.3, -0.25) is 0 Å². The van der Waals surface area contributed by atoms with Crippen LogP contribution in [0, 0.1) is 0 Å². The van der Waals surface area contributed by atoms with E-state index in [0.717, 1.165) is 39.7 Å². The molecule has 0 saturated carbocycles. The van der Waals surface area contributed by atoms with Gasteiger partial charge in [0, 0.05) is 44.8 Å². The molecule has 0 bridgehead atoms. The number of sulfonamides is 1. The van der Waals surface area contributed by atoms with Gasteiger partial charge in [0.25, 0.3) is 0 Å². The highest BCUT2D eigenvalue weighted by molar-refractivity contribution is 7.88. The average molecular weight is 592 g/mol. The van der Waals surface area contributed by atoms with Crippen molar-refractivity contribution in [3.63, 3.8) is 0 Å². The van der Waals surface area contributed by atoms with Gasteiger partial charge >= 0.3 is 0 Å². The molecule has 216 valence electrons. The number of hydrogen-bond donors (Lipinski definition) is 1. The summed E-state index contributed by atoms with van der Waals surface area (Å²) in [5, 5.41) is 5.41. The second-order valence-corrected chi connectivity index (χ2v) is 12.3. The van der Waals surface area contributed by atoms with Crippen LogP contribution in [0.1, 0.15) is 5.56 Å². The van der Waals surface area contributed by atoms with Crippen molar-refractivity contribution in [2.24, 2.45) is 5.10 Å². The molecule has 0 unspecified atom stereocenters. The van der Waals surface area contributed by atoms with E-state index >= 15 is 0 Å². The Morgan fingerprint density at radius 3 is 2.23 bits per heavy atom. The molecule has 2 aliphatic rings. The zero-order chi connectivity index (χ0) is 28.3. The van der Waals surface area contributed by atoms with Crippen molar-refractivity contribution < 1.29 is 27.4 Å². The summed E-state index contributed by atoms with van der Waals surface area (Å²) >= 11 is 1.62. The first-order valence-electron chi connectivity index (χ1n) is 12.7. The molecule has 0 spiro atoms. The van der Waals surface area contributed by atoms with Crippen LogP contribution in [0.3, 0.4) is 0 Å². The standard InChI is InChI=1S/C25H33N7O6S2/c1-35-19-13-17(14-20(36-2)22(19)37-3)16-26-29-25-27-18-15-21(30-5-7-32(8-6-30)40(4,33)34)39-23(18)24(28-25)31-9-11-38-12-10-31/h13-16H,5-12H2,1-4H3,(H,27,28,29)/b26-16+. The predicted octanol–water partition coefficient (Wildman–Crippen LogP) is 2.08. The molecule has 0 radical (unpaired) electrons. The molecule has 40 heavy (non-hydrogen) atoms. The van der Waals surface area contributed by atoms with E-state index in [1.807, 2.05) is 6.07 Å². The Hall–Kier alpha value is -3.40. The van der Waals surface area contributed by atoms with Crippen LogP contribution in [0.25, 0.3) is 10.2 Å². The molecule has 2 aromatic heterocycles. The number of morpholine rings is 1.